The highest BCUT2D eigenvalue weighted by Crippen LogP contribution is 2.61. The molecule has 5 nitrogen and oxygen atoms in total. The molecule has 4 aromatic carbocycles. The Labute approximate surface area is 240 Å². The Balaban J connectivity index is 1.55. The minimum atomic E-state index is -1.63. The average Bonchev–Trinajstić information content (AvgIpc) is 3.43. The van der Waals surface area contributed by atoms with Crippen molar-refractivity contribution in [3.63, 3.8) is 0 Å². The molecule has 0 amide bonds. The highest BCUT2D eigenvalue weighted by Gasteiger charge is 2.71. The first-order valence-electron chi connectivity index (χ1n) is 13.2. The summed E-state index contributed by atoms with van der Waals surface area (Å²) in [7, 11) is 1.54. The van der Waals surface area contributed by atoms with Gasteiger partial charge in [0.25, 0.3) is 0 Å². The fourth-order valence-electron chi connectivity index (χ4n) is 6.94. The third kappa shape index (κ3) is 3.50. The van der Waals surface area contributed by atoms with Crippen molar-refractivity contribution < 1.29 is 23.5 Å². The molecular weight excluding hydrogens is 541 g/mol. The van der Waals surface area contributed by atoms with Gasteiger partial charge in [-0.15, -0.1) is 0 Å². The quantitative estimate of drug-likeness (QED) is 0.202. The summed E-state index contributed by atoms with van der Waals surface area (Å²) < 4.78 is 19.4. The maximum atomic E-state index is 14.6. The summed E-state index contributed by atoms with van der Waals surface area (Å²) >= 11 is 6.34. The van der Waals surface area contributed by atoms with E-state index in [1.165, 1.54) is 24.3 Å². The Morgan fingerprint density at radius 3 is 2.29 bits per heavy atom. The molecule has 3 unspecified atom stereocenters. The molecule has 4 aromatic rings. The number of anilines is 1. The number of ether oxygens (including phenoxy) is 1. The van der Waals surface area contributed by atoms with Gasteiger partial charge in [0.1, 0.15) is 23.0 Å². The lowest BCUT2D eigenvalue weighted by molar-refractivity contribution is 0.0665. The van der Waals surface area contributed by atoms with Crippen molar-refractivity contribution in [3.05, 3.63) is 136 Å². The fourth-order valence-corrected chi connectivity index (χ4v) is 7.12. The smallest absolute Gasteiger partial charge is 0.185 e. The standard InChI is InChI=1S/C34H23ClFNO4/c1-41-24-6-4-5-21(18-24)29-30(31(38)19-9-13-23(36)14-10-19)37-27-15-12-22(35)17-20(27)11-16-28(37)34(29)32(39)25-7-2-3-8-26(25)33(34)40/h2-18,28-30H,1H3. The number of hydrogen-bond acceptors (Lipinski definition) is 5. The lowest BCUT2D eigenvalue weighted by atomic mass is 9.64. The number of hydrogen-bond donors (Lipinski definition) is 0. The van der Waals surface area contributed by atoms with Gasteiger partial charge in [-0.25, -0.2) is 4.39 Å². The molecule has 2 aliphatic heterocycles. The third-order valence-corrected chi connectivity index (χ3v) is 8.85. The molecular formula is C34H23ClFNO4. The van der Waals surface area contributed by atoms with Gasteiger partial charge in [-0.1, -0.05) is 60.2 Å². The first-order valence-corrected chi connectivity index (χ1v) is 13.6. The molecule has 41 heavy (non-hydrogen) atoms. The van der Waals surface area contributed by atoms with Gasteiger partial charge in [-0.2, -0.15) is 0 Å². The minimum Gasteiger partial charge on any atom is -0.497 e. The fraction of sp³-hybridized carbons (Fsp3) is 0.147. The van der Waals surface area contributed by atoms with Crippen LogP contribution in [0.2, 0.25) is 5.02 Å². The summed E-state index contributed by atoms with van der Waals surface area (Å²) in [4.78, 5) is 45.8. The van der Waals surface area contributed by atoms with Gasteiger partial charge < -0.3 is 9.64 Å². The highest BCUT2D eigenvalue weighted by atomic mass is 35.5. The van der Waals surface area contributed by atoms with Gasteiger partial charge >= 0.3 is 0 Å². The van der Waals surface area contributed by atoms with E-state index in [9.17, 15) is 18.8 Å². The van der Waals surface area contributed by atoms with Crippen LogP contribution in [0.1, 0.15) is 48.1 Å². The second kappa shape index (κ2) is 9.25. The summed E-state index contributed by atoms with van der Waals surface area (Å²) in [6, 6.07) is 23.0. The topological polar surface area (TPSA) is 63.7 Å². The molecule has 3 aliphatic rings. The SMILES string of the molecule is COc1cccc(C2C(C(=O)c3ccc(F)cc3)N3c4ccc(Cl)cc4C=CC3C23C(=O)c2ccccc2C3=O)c1. The normalized spacial score (nSPS) is 21.5. The molecule has 0 aromatic heterocycles. The van der Waals surface area contributed by atoms with E-state index >= 15 is 0 Å². The zero-order valence-electron chi connectivity index (χ0n) is 21.9. The molecule has 0 N–H and O–H groups in total. The van der Waals surface area contributed by atoms with E-state index in [4.69, 9.17) is 16.3 Å². The molecule has 0 radical (unpaired) electrons. The number of halogens is 2. The number of Topliss-reactive ketones (excluding diaryl/α,β-unsaturated/α-hetero) is 3. The molecule has 1 saturated heterocycles. The monoisotopic (exact) mass is 563 g/mol. The molecule has 202 valence electrons. The Kier molecular flexibility index (Phi) is 5.73. The summed E-state index contributed by atoms with van der Waals surface area (Å²) in [5, 5.41) is 0.520. The van der Waals surface area contributed by atoms with Crippen LogP contribution in [0.5, 0.6) is 5.75 Å². The number of carbonyl (C=O) groups excluding carboxylic acids is 3. The lowest BCUT2D eigenvalue weighted by Gasteiger charge is -2.37. The van der Waals surface area contributed by atoms with E-state index in [1.807, 2.05) is 29.2 Å². The number of rotatable bonds is 4. The zero-order valence-corrected chi connectivity index (χ0v) is 22.6. The van der Waals surface area contributed by atoms with Crippen molar-refractivity contribution in [2.75, 3.05) is 12.0 Å². The van der Waals surface area contributed by atoms with Crippen LogP contribution in [-0.2, 0) is 0 Å². The molecule has 1 spiro atoms. The van der Waals surface area contributed by atoms with Gasteiger partial charge in [0.2, 0.25) is 0 Å². The molecule has 3 atom stereocenters. The van der Waals surface area contributed by atoms with Gasteiger partial charge in [0.15, 0.2) is 17.3 Å². The number of fused-ring (bicyclic) bond motifs is 5. The first kappa shape index (κ1) is 25.4. The second-order valence-corrected chi connectivity index (χ2v) is 11.0. The van der Waals surface area contributed by atoms with Crippen LogP contribution in [0.4, 0.5) is 10.1 Å². The predicted molar refractivity (Wildman–Crippen MR) is 155 cm³/mol. The average molecular weight is 564 g/mol. The van der Waals surface area contributed by atoms with Crippen molar-refractivity contribution >= 4 is 40.7 Å². The first-order chi connectivity index (χ1) is 19.9. The third-order valence-electron chi connectivity index (χ3n) is 8.62. The van der Waals surface area contributed by atoms with Crippen LogP contribution in [0.15, 0.2) is 97.1 Å². The molecule has 0 bridgehead atoms. The van der Waals surface area contributed by atoms with Crippen LogP contribution < -0.4 is 9.64 Å². The zero-order chi connectivity index (χ0) is 28.5. The minimum absolute atomic E-state index is 0.278. The molecule has 1 aliphatic carbocycles. The largest absolute Gasteiger partial charge is 0.497 e. The van der Waals surface area contributed by atoms with E-state index in [0.29, 0.717) is 33.1 Å². The van der Waals surface area contributed by atoms with E-state index in [1.54, 1.807) is 61.7 Å². The summed E-state index contributed by atoms with van der Waals surface area (Å²) in [5.41, 5.74) is 1.40. The number of ketones is 3. The highest BCUT2D eigenvalue weighted by molar-refractivity contribution is 6.32. The van der Waals surface area contributed by atoms with Crippen LogP contribution >= 0.6 is 11.6 Å². The van der Waals surface area contributed by atoms with Crippen molar-refractivity contribution in [3.8, 4) is 5.75 Å². The number of nitrogens with zero attached hydrogens (tertiary/aromatic N) is 1. The van der Waals surface area contributed by atoms with Crippen molar-refractivity contribution in [2.24, 2.45) is 5.41 Å². The molecule has 0 saturated carbocycles. The van der Waals surface area contributed by atoms with Gasteiger partial charge in [0, 0.05) is 33.3 Å². The molecule has 2 heterocycles. The Morgan fingerprint density at radius 1 is 0.902 bits per heavy atom. The van der Waals surface area contributed by atoms with E-state index in [-0.39, 0.29) is 22.9 Å². The number of methoxy groups -OCH3 is 1. The number of carbonyl (C=O) groups is 3. The number of benzene rings is 4. The van der Waals surface area contributed by atoms with Crippen LogP contribution in [0.25, 0.3) is 6.08 Å². The summed E-state index contributed by atoms with van der Waals surface area (Å²) in [5.74, 6) is -1.79. The predicted octanol–water partition coefficient (Wildman–Crippen LogP) is 6.80. The van der Waals surface area contributed by atoms with Gasteiger partial charge in [-0.05, 0) is 65.7 Å². The maximum Gasteiger partial charge on any atom is 0.185 e. The maximum absolute atomic E-state index is 14.6. The van der Waals surface area contributed by atoms with Crippen molar-refractivity contribution in [1.82, 2.24) is 0 Å². The van der Waals surface area contributed by atoms with Crippen LogP contribution in [0, 0.1) is 11.2 Å². The van der Waals surface area contributed by atoms with Gasteiger partial charge in [0.05, 0.1) is 13.2 Å². The lowest BCUT2D eigenvalue weighted by Crippen LogP contribution is -2.48. The van der Waals surface area contributed by atoms with Gasteiger partial charge in [-0.3, -0.25) is 14.4 Å². The Morgan fingerprint density at radius 2 is 1.61 bits per heavy atom. The van der Waals surface area contributed by atoms with Crippen LogP contribution in [-0.4, -0.2) is 36.5 Å². The van der Waals surface area contributed by atoms with Crippen LogP contribution in [0.3, 0.4) is 0 Å². The molecule has 7 rings (SSSR count). The Bertz CT molecular complexity index is 1760. The van der Waals surface area contributed by atoms with E-state index in [0.717, 1.165) is 5.56 Å². The van der Waals surface area contributed by atoms with Crippen molar-refractivity contribution in [2.45, 2.75) is 18.0 Å². The Hall–Kier alpha value is -4.55. The molecule has 7 heteroatoms. The molecule has 1 fully saturated rings. The van der Waals surface area contributed by atoms with Crippen molar-refractivity contribution in [1.29, 1.82) is 0 Å². The van der Waals surface area contributed by atoms with E-state index < -0.39 is 29.2 Å². The van der Waals surface area contributed by atoms with E-state index in [2.05, 4.69) is 0 Å². The summed E-state index contributed by atoms with van der Waals surface area (Å²) in [6.07, 6.45) is 3.70. The summed E-state index contributed by atoms with van der Waals surface area (Å²) in [6.45, 7) is 0. The second-order valence-electron chi connectivity index (χ2n) is 10.6.